The van der Waals surface area contributed by atoms with E-state index in [0.29, 0.717) is 17.9 Å². The maximum atomic E-state index is 15.1. The largest absolute Gasteiger partial charge is 0.441 e. The molecule has 3 aromatic rings. The van der Waals surface area contributed by atoms with Crippen molar-refractivity contribution in [3.05, 3.63) is 94.8 Å². The lowest BCUT2D eigenvalue weighted by atomic mass is 10.1. The highest BCUT2D eigenvalue weighted by atomic mass is 19.1. The van der Waals surface area contributed by atoms with E-state index < -0.39 is 22.9 Å². The first-order valence-corrected chi connectivity index (χ1v) is 10.2. The summed E-state index contributed by atoms with van der Waals surface area (Å²) in [5.74, 6) is -0.622. The van der Waals surface area contributed by atoms with Gasteiger partial charge < -0.3 is 10.5 Å². The predicted molar refractivity (Wildman–Crippen MR) is 124 cm³/mol. The number of carbonyl (C=O) groups is 1. The van der Waals surface area contributed by atoms with Crippen molar-refractivity contribution in [1.29, 1.82) is 0 Å². The van der Waals surface area contributed by atoms with Crippen molar-refractivity contribution >= 4 is 23.2 Å². The van der Waals surface area contributed by atoms with Gasteiger partial charge in [0.05, 0.1) is 23.6 Å². The molecule has 1 aliphatic rings. The normalized spacial score (nSPS) is 15.8. The maximum absolute atomic E-state index is 15.1. The summed E-state index contributed by atoms with van der Waals surface area (Å²) in [6.45, 7) is 3.87. The number of carbonyl (C=O) groups excluding carboxylic acids is 1. The van der Waals surface area contributed by atoms with E-state index >= 15 is 4.39 Å². The Morgan fingerprint density at radius 2 is 1.94 bits per heavy atom. The summed E-state index contributed by atoms with van der Waals surface area (Å²) < 4.78 is 21.6. The highest BCUT2D eigenvalue weighted by Gasteiger charge is 2.38. The lowest BCUT2D eigenvalue weighted by Gasteiger charge is -2.16. The van der Waals surface area contributed by atoms with Crippen LogP contribution in [0.25, 0.3) is 5.69 Å². The van der Waals surface area contributed by atoms with Gasteiger partial charge in [-0.25, -0.2) is 18.9 Å². The summed E-state index contributed by atoms with van der Waals surface area (Å²) in [5, 5.41) is 4.31. The van der Waals surface area contributed by atoms with Crippen LogP contribution in [0.4, 0.5) is 20.6 Å². The van der Waals surface area contributed by atoms with Crippen LogP contribution in [-0.4, -0.2) is 33.7 Å². The summed E-state index contributed by atoms with van der Waals surface area (Å²) in [5.41, 5.74) is 5.82. The average Bonchev–Trinajstić information content (AvgIpc) is 3.07. The molecule has 1 fully saturated rings. The molecule has 4 rings (SSSR count). The fraction of sp³-hybridized carbons (Fsp3) is 0.167. The molecule has 0 spiro atoms. The minimum absolute atomic E-state index is 0.0106. The zero-order chi connectivity index (χ0) is 23.6. The van der Waals surface area contributed by atoms with Gasteiger partial charge in [-0.1, -0.05) is 18.2 Å². The Hall–Kier alpha value is -4.27. The second-order valence-corrected chi connectivity index (χ2v) is 8.01. The first-order chi connectivity index (χ1) is 15.8. The lowest BCUT2D eigenvalue weighted by Crippen LogP contribution is -2.28. The molecule has 1 aromatic heterocycles. The molecular formula is C24H22FN5O3. The lowest BCUT2D eigenvalue weighted by molar-refractivity contribution is 0.0871. The number of amides is 1. The van der Waals surface area contributed by atoms with E-state index in [1.54, 1.807) is 32.0 Å². The number of hydrogen-bond acceptors (Lipinski definition) is 6. The zero-order valence-corrected chi connectivity index (χ0v) is 18.1. The minimum Gasteiger partial charge on any atom is -0.441 e. The van der Waals surface area contributed by atoms with Gasteiger partial charge in [0, 0.05) is 12.3 Å². The molecule has 33 heavy (non-hydrogen) atoms. The Balaban J connectivity index is 1.72. The molecule has 2 N–H and O–H groups in total. The number of benzene rings is 2. The molecule has 168 valence electrons. The second kappa shape index (κ2) is 8.70. The summed E-state index contributed by atoms with van der Waals surface area (Å²) in [6.07, 6.45) is 3.54. The zero-order valence-electron chi connectivity index (χ0n) is 18.1. The Morgan fingerprint density at radius 3 is 2.58 bits per heavy atom. The van der Waals surface area contributed by atoms with Crippen LogP contribution in [0, 0.1) is 5.82 Å². The topological polar surface area (TPSA) is 103 Å². The fourth-order valence-electron chi connectivity index (χ4n) is 3.44. The first kappa shape index (κ1) is 21.9. The summed E-state index contributed by atoms with van der Waals surface area (Å²) >= 11 is 0. The van der Waals surface area contributed by atoms with Gasteiger partial charge in [0.15, 0.2) is 11.5 Å². The molecule has 8 nitrogen and oxygen atoms in total. The van der Waals surface area contributed by atoms with Crippen LogP contribution in [0.3, 0.4) is 0 Å². The van der Waals surface area contributed by atoms with Gasteiger partial charge in [-0.3, -0.25) is 9.69 Å². The Kier molecular flexibility index (Phi) is 5.78. The van der Waals surface area contributed by atoms with E-state index in [9.17, 15) is 9.59 Å². The molecule has 2 aromatic carbocycles. The molecule has 1 aliphatic heterocycles. The number of cyclic esters (lactones) is 1. The second-order valence-electron chi connectivity index (χ2n) is 8.01. The highest BCUT2D eigenvalue weighted by Crippen LogP contribution is 2.29. The molecule has 0 bridgehead atoms. The van der Waals surface area contributed by atoms with Crippen molar-refractivity contribution in [2.45, 2.75) is 19.4 Å². The third-order valence-electron chi connectivity index (χ3n) is 4.92. The van der Waals surface area contributed by atoms with Crippen LogP contribution in [0.1, 0.15) is 19.5 Å². The molecule has 1 amide bonds. The number of nitrogens with two attached hydrogens (primary N) is 1. The molecule has 0 atom stereocenters. The number of anilines is 1. The Morgan fingerprint density at radius 1 is 1.18 bits per heavy atom. The number of aliphatic imine (C=N–C) groups is 1. The number of nitrogens with zero attached hydrogens (tertiary/aromatic N) is 4. The van der Waals surface area contributed by atoms with E-state index in [4.69, 9.17) is 10.5 Å². The van der Waals surface area contributed by atoms with E-state index in [2.05, 4.69) is 10.1 Å². The number of para-hydroxylation sites is 1. The molecule has 2 heterocycles. The Labute approximate surface area is 189 Å². The van der Waals surface area contributed by atoms with Gasteiger partial charge >= 0.3 is 6.09 Å². The van der Waals surface area contributed by atoms with Crippen molar-refractivity contribution in [2.24, 2.45) is 10.7 Å². The van der Waals surface area contributed by atoms with Crippen molar-refractivity contribution in [1.82, 2.24) is 9.78 Å². The van der Waals surface area contributed by atoms with Crippen LogP contribution >= 0.6 is 0 Å². The minimum atomic E-state index is -0.660. The van der Waals surface area contributed by atoms with Crippen LogP contribution in [0.15, 0.2) is 82.9 Å². The number of ether oxygens (including phenoxy) is 1. The number of aromatic nitrogens is 2. The van der Waals surface area contributed by atoms with Gasteiger partial charge in [0.25, 0.3) is 0 Å². The van der Waals surface area contributed by atoms with Crippen LogP contribution in [0.2, 0.25) is 0 Å². The molecule has 0 unspecified atom stereocenters. The first-order valence-electron chi connectivity index (χ1n) is 10.2. The summed E-state index contributed by atoms with van der Waals surface area (Å²) in [6, 6.07) is 14.6. The van der Waals surface area contributed by atoms with Crippen molar-refractivity contribution in [3.8, 4) is 5.69 Å². The standard InChI is InChI=1S/C24H22FN5O3/c1-24(2)15-29(23(32)33-24)17-8-9-20(18(25)14-17)30-13-11-21(31)22(28-30)19(10-12-26)27-16-6-4-3-5-7-16/h3-14H,15,26H2,1-2H3. The van der Waals surface area contributed by atoms with Crippen LogP contribution in [0.5, 0.6) is 0 Å². The van der Waals surface area contributed by atoms with Gasteiger partial charge in [0.1, 0.15) is 11.3 Å². The Bertz CT molecular complexity index is 1320. The van der Waals surface area contributed by atoms with E-state index in [-0.39, 0.29) is 17.1 Å². The molecule has 0 saturated carbocycles. The molecule has 1 saturated heterocycles. The number of allylic oxidation sites excluding steroid dienone is 1. The molecule has 0 aliphatic carbocycles. The quantitative estimate of drug-likeness (QED) is 0.601. The SMILES string of the molecule is CC1(C)CN(c2ccc(-n3ccc(=O)c(C(C=CN)=Nc4ccccc4)n3)c(F)c2)C(=O)O1. The third kappa shape index (κ3) is 4.67. The van der Waals surface area contributed by atoms with E-state index in [1.807, 2.05) is 18.2 Å². The molecule has 0 radical (unpaired) electrons. The number of hydrogen-bond donors (Lipinski definition) is 1. The van der Waals surface area contributed by atoms with Crippen molar-refractivity contribution < 1.29 is 13.9 Å². The van der Waals surface area contributed by atoms with E-state index in [0.717, 1.165) is 0 Å². The summed E-state index contributed by atoms with van der Waals surface area (Å²) in [4.78, 5) is 30.5. The third-order valence-corrected chi connectivity index (χ3v) is 4.92. The van der Waals surface area contributed by atoms with Crippen LogP contribution < -0.4 is 16.1 Å². The predicted octanol–water partition coefficient (Wildman–Crippen LogP) is 3.70. The monoisotopic (exact) mass is 447 g/mol. The van der Waals surface area contributed by atoms with Crippen molar-refractivity contribution in [2.75, 3.05) is 11.4 Å². The smallest absolute Gasteiger partial charge is 0.415 e. The fourth-order valence-corrected chi connectivity index (χ4v) is 3.44. The molecule has 9 heteroatoms. The van der Waals surface area contributed by atoms with Crippen molar-refractivity contribution in [3.63, 3.8) is 0 Å². The summed E-state index contributed by atoms with van der Waals surface area (Å²) in [7, 11) is 0. The maximum Gasteiger partial charge on any atom is 0.415 e. The van der Waals surface area contributed by atoms with Gasteiger partial charge in [-0.2, -0.15) is 5.10 Å². The molecular weight excluding hydrogens is 425 g/mol. The number of halogens is 1. The van der Waals surface area contributed by atoms with Crippen LogP contribution in [-0.2, 0) is 4.74 Å². The number of rotatable bonds is 5. The van der Waals surface area contributed by atoms with Gasteiger partial charge in [0.2, 0.25) is 5.43 Å². The van der Waals surface area contributed by atoms with Gasteiger partial charge in [-0.05, 0) is 56.5 Å². The highest BCUT2D eigenvalue weighted by molar-refractivity contribution is 6.08. The van der Waals surface area contributed by atoms with E-state index in [1.165, 1.54) is 46.3 Å². The average molecular weight is 447 g/mol. The van der Waals surface area contributed by atoms with Gasteiger partial charge in [-0.15, -0.1) is 0 Å².